The van der Waals surface area contributed by atoms with Gasteiger partial charge in [0.2, 0.25) is 0 Å². The second-order valence-corrected chi connectivity index (χ2v) is 14.5. The number of rotatable bonds is 35. The van der Waals surface area contributed by atoms with Gasteiger partial charge in [0.15, 0.2) is 12.4 Å². The van der Waals surface area contributed by atoms with E-state index in [4.69, 9.17) is 24.1 Å². The van der Waals surface area contributed by atoms with E-state index >= 15 is 0 Å². The van der Waals surface area contributed by atoms with E-state index in [0.717, 1.165) is 57.8 Å². The van der Waals surface area contributed by atoms with Crippen molar-refractivity contribution in [3.63, 3.8) is 0 Å². The number of unbranched alkanes of at least 4 members (excludes halogenated alkanes) is 23. The Morgan fingerprint density at radius 1 is 0.549 bits per heavy atom. The number of esters is 2. The minimum absolute atomic E-state index is 0.219. The summed E-state index contributed by atoms with van der Waals surface area (Å²) in [6.07, 6.45) is 21.2. The molecule has 5 N–H and O–H groups in total. The summed E-state index contributed by atoms with van der Waals surface area (Å²) in [6.45, 7) is 1.44. The van der Waals surface area contributed by atoms with E-state index in [1.807, 2.05) is 0 Å². The van der Waals surface area contributed by atoms with Gasteiger partial charge < -0.3 is 44.5 Å². The highest BCUT2D eigenvalue weighted by atomic mass is 16.7. The van der Waals surface area contributed by atoms with E-state index in [1.165, 1.54) is 96.3 Å². The van der Waals surface area contributed by atoms with Crippen LogP contribution in [0.3, 0.4) is 0 Å². The summed E-state index contributed by atoms with van der Waals surface area (Å²) < 4.78 is 22.1. The summed E-state index contributed by atoms with van der Waals surface area (Å²) in [5, 5.41) is 48.7. The number of aliphatic hydroxyl groups is 5. The van der Waals surface area contributed by atoms with Gasteiger partial charge in [0.05, 0.1) is 13.2 Å². The van der Waals surface area contributed by atoms with Crippen LogP contribution in [0.5, 0.6) is 0 Å². The molecule has 1 fully saturated rings. The highest BCUT2D eigenvalue weighted by molar-refractivity contribution is 5.70. The SMILES string of the molecule is CCCCCCCCCCCCC(=O)O[C@H](COC(=O)CCCCCCCCCCCCCCCCCO)CO[C@@H]1O[C@H](CO)[C@H](O)[C@H](O)[C@H]1O. The summed E-state index contributed by atoms with van der Waals surface area (Å²) >= 11 is 0. The van der Waals surface area contributed by atoms with E-state index in [0.29, 0.717) is 13.0 Å². The Hall–Kier alpha value is -1.34. The quantitative estimate of drug-likeness (QED) is 0.0343. The van der Waals surface area contributed by atoms with Crippen molar-refractivity contribution in [2.24, 2.45) is 0 Å². The lowest BCUT2D eigenvalue weighted by molar-refractivity contribution is -0.305. The number of ether oxygens (including phenoxy) is 4. The van der Waals surface area contributed by atoms with Crippen LogP contribution in [0.25, 0.3) is 0 Å². The standard InChI is InChI=1S/C40H76O11/c1-2-3-4-5-6-7-15-19-22-25-28-36(44)50-33(32-49-40-39(47)38(46)37(45)34(30-42)51-40)31-48-35(43)27-24-21-18-16-13-11-9-8-10-12-14-17-20-23-26-29-41/h33-34,37-42,45-47H,2-32H2,1H3/t33-,34-,37+,38+,39-,40-/m1/s1. The topological polar surface area (TPSA) is 172 Å². The molecule has 0 aliphatic carbocycles. The van der Waals surface area contributed by atoms with Crippen LogP contribution in [0, 0.1) is 0 Å². The maximum atomic E-state index is 12.7. The first-order valence-corrected chi connectivity index (χ1v) is 20.7. The third-order valence-corrected chi connectivity index (χ3v) is 9.80. The summed E-state index contributed by atoms with van der Waals surface area (Å²) in [5.41, 5.74) is 0. The van der Waals surface area contributed by atoms with E-state index in [2.05, 4.69) is 6.92 Å². The molecule has 0 spiro atoms. The van der Waals surface area contributed by atoms with E-state index in [1.54, 1.807) is 0 Å². The summed E-state index contributed by atoms with van der Waals surface area (Å²) in [4.78, 5) is 25.2. The van der Waals surface area contributed by atoms with Crippen LogP contribution in [0.1, 0.15) is 180 Å². The van der Waals surface area contributed by atoms with Crippen molar-refractivity contribution in [3.8, 4) is 0 Å². The molecule has 302 valence electrons. The van der Waals surface area contributed by atoms with Gasteiger partial charge in [0.1, 0.15) is 31.0 Å². The third-order valence-electron chi connectivity index (χ3n) is 9.80. The number of aliphatic hydroxyl groups excluding tert-OH is 5. The molecule has 0 aromatic heterocycles. The van der Waals surface area contributed by atoms with Gasteiger partial charge in [-0.05, 0) is 19.3 Å². The van der Waals surface area contributed by atoms with Crippen molar-refractivity contribution in [1.29, 1.82) is 0 Å². The number of carbonyl (C=O) groups excluding carboxylic acids is 2. The summed E-state index contributed by atoms with van der Waals surface area (Å²) in [6, 6.07) is 0. The maximum absolute atomic E-state index is 12.7. The predicted octanol–water partition coefficient (Wildman–Crippen LogP) is 6.80. The molecule has 11 heteroatoms. The van der Waals surface area contributed by atoms with Crippen molar-refractivity contribution < 1.29 is 54.1 Å². The molecule has 1 aliphatic heterocycles. The molecule has 0 aromatic carbocycles. The van der Waals surface area contributed by atoms with Crippen molar-refractivity contribution >= 4 is 11.9 Å². The monoisotopic (exact) mass is 733 g/mol. The second-order valence-electron chi connectivity index (χ2n) is 14.5. The van der Waals surface area contributed by atoms with Crippen molar-refractivity contribution in [1.82, 2.24) is 0 Å². The lowest BCUT2D eigenvalue weighted by Gasteiger charge is -2.39. The van der Waals surface area contributed by atoms with Crippen LogP contribution >= 0.6 is 0 Å². The highest BCUT2D eigenvalue weighted by Crippen LogP contribution is 2.23. The fourth-order valence-corrected chi connectivity index (χ4v) is 6.46. The first-order valence-electron chi connectivity index (χ1n) is 20.7. The smallest absolute Gasteiger partial charge is 0.306 e. The van der Waals surface area contributed by atoms with Crippen LogP contribution in [0.2, 0.25) is 0 Å². The second kappa shape index (κ2) is 33.2. The molecule has 1 heterocycles. The Balaban J connectivity index is 2.32. The molecule has 0 amide bonds. The molecule has 1 saturated heterocycles. The first-order chi connectivity index (χ1) is 24.8. The molecule has 0 bridgehead atoms. The molecule has 51 heavy (non-hydrogen) atoms. The number of carbonyl (C=O) groups is 2. The van der Waals surface area contributed by atoms with Gasteiger partial charge in [-0.15, -0.1) is 0 Å². The van der Waals surface area contributed by atoms with Gasteiger partial charge >= 0.3 is 11.9 Å². The van der Waals surface area contributed by atoms with Crippen LogP contribution in [0.15, 0.2) is 0 Å². The predicted molar refractivity (Wildman–Crippen MR) is 198 cm³/mol. The molecule has 0 unspecified atom stereocenters. The molecule has 6 atom stereocenters. The van der Waals surface area contributed by atoms with Gasteiger partial charge in [0, 0.05) is 19.4 Å². The van der Waals surface area contributed by atoms with Gasteiger partial charge in [-0.1, -0.05) is 148 Å². The minimum Gasteiger partial charge on any atom is -0.462 e. The molecule has 0 saturated carbocycles. The van der Waals surface area contributed by atoms with Crippen LogP contribution in [-0.4, -0.2) is 101 Å². The summed E-state index contributed by atoms with van der Waals surface area (Å²) in [5.74, 6) is -0.815. The largest absolute Gasteiger partial charge is 0.462 e. The van der Waals surface area contributed by atoms with Crippen molar-refractivity contribution in [2.75, 3.05) is 26.4 Å². The van der Waals surface area contributed by atoms with Crippen LogP contribution < -0.4 is 0 Å². The molecular weight excluding hydrogens is 656 g/mol. The van der Waals surface area contributed by atoms with Gasteiger partial charge in [-0.2, -0.15) is 0 Å². The van der Waals surface area contributed by atoms with Crippen molar-refractivity contribution in [3.05, 3.63) is 0 Å². The van der Waals surface area contributed by atoms with E-state index in [9.17, 15) is 30.0 Å². The zero-order chi connectivity index (χ0) is 37.4. The molecule has 11 nitrogen and oxygen atoms in total. The van der Waals surface area contributed by atoms with Crippen molar-refractivity contribution in [2.45, 2.75) is 217 Å². The number of hydrogen-bond acceptors (Lipinski definition) is 11. The molecule has 1 aliphatic rings. The normalized spacial score (nSPS) is 21.1. The fraction of sp³-hybridized carbons (Fsp3) is 0.950. The Bertz CT molecular complexity index is 811. The van der Waals surface area contributed by atoms with Crippen LogP contribution in [0.4, 0.5) is 0 Å². The lowest BCUT2D eigenvalue weighted by Crippen LogP contribution is -2.59. The average Bonchev–Trinajstić information content (AvgIpc) is 3.13. The Morgan fingerprint density at radius 3 is 1.43 bits per heavy atom. The molecule has 1 rings (SSSR count). The Labute approximate surface area is 309 Å². The van der Waals surface area contributed by atoms with Gasteiger partial charge in [-0.25, -0.2) is 0 Å². The molecular formula is C40H76O11. The highest BCUT2D eigenvalue weighted by Gasteiger charge is 2.44. The van der Waals surface area contributed by atoms with Crippen LogP contribution in [-0.2, 0) is 28.5 Å². The molecule has 0 radical (unpaired) electrons. The fourth-order valence-electron chi connectivity index (χ4n) is 6.46. The molecule has 0 aromatic rings. The Kier molecular flexibility index (Phi) is 31.1. The maximum Gasteiger partial charge on any atom is 0.306 e. The minimum atomic E-state index is -1.59. The zero-order valence-corrected chi connectivity index (χ0v) is 32.1. The van der Waals surface area contributed by atoms with E-state index in [-0.39, 0.29) is 32.0 Å². The lowest BCUT2D eigenvalue weighted by atomic mass is 9.99. The Morgan fingerprint density at radius 2 is 0.980 bits per heavy atom. The third kappa shape index (κ3) is 25.3. The first kappa shape index (κ1) is 47.7. The van der Waals surface area contributed by atoms with Gasteiger partial charge in [0.25, 0.3) is 0 Å². The zero-order valence-electron chi connectivity index (χ0n) is 32.1. The average molecular weight is 733 g/mol. The summed E-state index contributed by atoms with van der Waals surface area (Å²) in [7, 11) is 0. The van der Waals surface area contributed by atoms with E-state index < -0.39 is 49.4 Å². The van der Waals surface area contributed by atoms with Gasteiger partial charge in [-0.3, -0.25) is 9.59 Å². The number of hydrogen-bond donors (Lipinski definition) is 5.